The molecule has 2 aliphatic rings. The Balaban J connectivity index is 0.00000225. The number of anilines is 1. The summed E-state index contributed by atoms with van der Waals surface area (Å²) in [6.45, 7) is 3.69. The van der Waals surface area contributed by atoms with E-state index >= 15 is 0 Å². The van der Waals surface area contributed by atoms with Crippen LogP contribution >= 0.6 is 12.4 Å². The third kappa shape index (κ3) is 4.37. The fraction of sp³-hybridized carbons (Fsp3) is 0.364. The summed E-state index contributed by atoms with van der Waals surface area (Å²) in [7, 11) is 0. The van der Waals surface area contributed by atoms with Crippen LogP contribution < -0.4 is 10.6 Å². The van der Waals surface area contributed by atoms with E-state index in [0.29, 0.717) is 28.7 Å². The lowest BCUT2D eigenvalue weighted by atomic mass is 9.92. The summed E-state index contributed by atoms with van der Waals surface area (Å²) in [4.78, 5) is 27.6. The Labute approximate surface area is 171 Å². The maximum absolute atomic E-state index is 13.2. The second-order valence-corrected chi connectivity index (χ2v) is 7.41. The number of carbonyl (C=O) groups is 2. The van der Waals surface area contributed by atoms with Gasteiger partial charge in [-0.25, -0.2) is 0 Å². The molecule has 2 aromatic rings. The first-order valence-corrected chi connectivity index (χ1v) is 9.68. The highest BCUT2D eigenvalue weighted by Gasteiger charge is 2.32. The molecule has 0 unspecified atom stereocenters. The third-order valence-electron chi connectivity index (χ3n) is 5.75. The summed E-state index contributed by atoms with van der Waals surface area (Å²) in [6.07, 6.45) is 2.09. The second kappa shape index (κ2) is 9.22. The number of nitrogens with one attached hydrogen (secondary N) is 2. The normalized spacial score (nSPS) is 21.2. The molecule has 2 saturated heterocycles. The van der Waals surface area contributed by atoms with E-state index in [2.05, 4.69) is 10.6 Å². The van der Waals surface area contributed by atoms with Crippen LogP contribution in [0.3, 0.4) is 0 Å². The molecule has 0 spiro atoms. The molecule has 2 amide bonds. The number of benzene rings is 2. The first kappa shape index (κ1) is 20.4. The topological polar surface area (TPSA) is 61.4 Å². The van der Waals surface area contributed by atoms with Gasteiger partial charge in [0.05, 0.1) is 11.3 Å². The molecule has 2 N–H and O–H groups in total. The Hall–Kier alpha value is -2.37. The largest absolute Gasteiger partial charge is 0.339 e. The van der Waals surface area contributed by atoms with Gasteiger partial charge in [-0.05, 0) is 62.0 Å². The Morgan fingerprint density at radius 3 is 2.18 bits per heavy atom. The van der Waals surface area contributed by atoms with Crippen molar-refractivity contribution in [3.63, 3.8) is 0 Å². The molecule has 28 heavy (non-hydrogen) atoms. The quantitative estimate of drug-likeness (QED) is 0.831. The molecular formula is C22H26ClN3O2. The summed E-state index contributed by atoms with van der Waals surface area (Å²) in [5.74, 6) is 1.16. The van der Waals surface area contributed by atoms with Crippen molar-refractivity contribution in [2.45, 2.75) is 12.8 Å². The van der Waals surface area contributed by atoms with E-state index in [0.717, 1.165) is 39.0 Å². The number of likely N-dealkylation sites (tertiary alicyclic amines) is 1. The van der Waals surface area contributed by atoms with Crippen LogP contribution in [0.15, 0.2) is 54.6 Å². The number of fused-ring (bicyclic) bond motifs is 1. The number of halogens is 1. The average Bonchev–Trinajstić information content (AvgIpc) is 3.07. The Morgan fingerprint density at radius 2 is 1.50 bits per heavy atom. The zero-order valence-corrected chi connectivity index (χ0v) is 16.6. The van der Waals surface area contributed by atoms with Gasteiger partial charge in [0, 0.05) is 18.7 Å². The Morgan fingerprint density at radius 1 is 0.893 bits per heavy atom. The number of hydrogen-bond acceptors (Lipinski definition) is 3. The number of para-hydroxylation sites is 1. The Bertz CT molecular complexity index is 814. The zero-order valence-electron chi connectivity index (χ0n) is 15.8. The lowest BCUT2D eigenvalue weighted by Gasteiger charge is -2.22. The summed E-state index contributed by atoms with van der Waals surface area (Å²) in [6, 6.07) is 16.4. The summed E-state index contributed by atoms with van der Waals surface area (Å²) in [5.41, 5.74) is 1.71. The Kier molecular flexibility index (Phi) is 6.70. The van der Waals surface area contributed by atoms with Crippen molar-refractivity contribution in [2.75, 3.05) is 31.5 Å². The van der Waals surface area contributed by atoms with Gasteiger partial charge in [0.25, 0.3) is 11.8 Å². The fourth-order valence-electron chi connectivity index (χ4n) is 4.15. The highest BCUT2D eigenvalue weighted by molar-refractivity contribution is 6.09. The predicted octanol–water partition coefficient (Wildman–Crippen LogP) is 3.43. The van der Waals surface area contributed by atoms with Crippen molar-refractivity contribution in [2.24, 2.45) is 11.8 Å². The van der Waals surface area contributed by atoms with Crippen LogP contribution in [0.1, 0.15) is 33.6 Å². The van der Waals surface area contributed by atoms with Crippen molar-refractivity contribution in [3.05, 3.63) is 65.7 Å². The van der Waals surface area contributed by atoms with Crippen molar-refractivity contribution in [1.82, 2.24) is 10.2 Å². The molecule has 2 aromatic carbocycles. The maximum atomic E-state index is 13.2. The molecule has 6 heteroatoms. The molecule has 5 nitrogen and oxygen atoms in total. The number of carbonyl (C=O) groups excluding carboxylic acids is 2. The van der Waals surface area contributed by atoms with Gasteiger partial charge in [0.1, 0.15) is 0 Å². The molecule has 0 bridgehead atoms. The van der Waals surface area contributed by atoms with E-state index in [9.17, 15) is 9.59 Å². The lowest BCUT2D eigenvalue weighted by molar-refractivity contribution is 0.0759. The van der Waals surface area contributed by atoms with Gasteiger partial charge in [-0.15, -0.1) is 12.4 Å². The summed E-state index contributed by atoms with van der Waals surface area (Å²) in [5, 5.41) is 6.37. The monoisotopic (exact) mass is 399 g/mol. The zero-order chi connectivity index (χ0) is 18.6. The third-order valence-corrected chi connectivity index (χ3v) is 5.75. The molecule has 0 aliphatic carbocycles. The maximum Gasteiger partial charge on any atom is 0.255 e. The second-order valence-electron chi connectivity index (χ2n) is 7.41. The van der Waals surface area contributed by atoms with Gasteiger partial charge in [-0.3, -0.25) is 9.59 Å². The van der Waals surface area contributed by atoms with Crippen molar-refractivity contribution < 1.29 is 9.59 Å². The standard InChI is InChI=1S/C22H25N3O2.ClH/c26-21(16-6-2-1-3-7-16)24-20-9-5-4-8-19(20)22(27)25-12-10-17-14-23-15-18(17)11-13-25;/h1-9,17-18,23H,10-15H2,(H,24,26);1H/t17-,18+;. The minimum atomic E-state index is -0.202. The van der Waals surface area contributed by atoms with Gasteiger partial charge in [0.15, 0.2) is 0 Å². The average molecular weight is 400 g/mol. The number of rotatable bonds is 3. The molecule has 148 valence electrons. The van der Waals surface area contributed by atoms with Gasteiger partial charge in [-0.2, -0.15) is 0 Å². The van der Waals surface area contributed by atoms with Crippen LogP contribution in [0.25, 0.3) is 0 Å². The minimum Gasteiger partial charge on any atom is -0.339 e. The first-order valence-electron chi connectivity index (χ1n) is 9.68. The lowest BCUT2D eigenvalue weighted by Crippen LogP contribution is -2.33. The van der Waals surface area contributed by atoms with Crippen LogP contribution in [0.4, 0.5) is 5.69 Å². The molecule has 4 rings (SSSR count). The number of hydrogen-bond donors (Lipinski definition) is 2. The van der Waals surface area contributed by atoms with Crippen molar-refractivity contribution in [3.8, 4) is 0 Å². The van der Waals surface area contributed by atoms with Crippen LogP contribution in [0, 0.1) is 11.8 Å². The first-order chi connectivity index (χ1) is 13.2. The van der Waals surface area contributed by atoms with Crippen LogP contribution in [0.5, 0.6) is 0 Å². The molecule has 0 saturated carbocycles. The highest BCUT2D eigenvalue weighted by atomic mass is 35.5. The molecule has 2 fully saturated rings. The molecule has 0 radical (unpaired) electrons. The SMILES string of the molecule is Cl.O=C(Nc1ccccc1C(=O)N1CC[C@@H]2CNC[C@@H]2CC1)c1ccccc1. The molecule has 0 aromatic heterocycles. The van der Waals surface area contributed by atoms with E-state index < -0.39 is 0 Å². The number of amides is 2. The molecule has 2 aliphatic heterocycles. The molecular weight excluding hydrogens is 374 g/mol. The smallest absolute Gasteiger partial charge is 0.255 e. The molecule has 2 atom stereocenters. The van der Waals surface area contributed by atoms with Crippen LogP contribution in [0.2, 0.25) is 0 Å². The van der Waals surface area contributed by atoms with Crippen LogP contribution in [-0.2, 0) is 0 Å². The predicted molar refractivity (Wildman–Crippen MR) is 113 cm³/mol. The van der Waals surface area contributed by atoms with Gasteiger partial charge in [0.2, 0.25) is 0 Å². The van der Waals surface area contributed by atoms with E-state index in [1.54, 1.807) is 24.3 Å². The van der Waals surface area contributed by atoms with Crippen LogP contribution in [-0.4, -0.2) is 42.9 Å². The van der Waals surface area contributed by atoms with Gasteiger partial charge < -0.3 is 15.5 Å². The van der Waals surface area contributed by atoms with Crippen molar-refractivity contribution >= 4 is 29.9 Å². The van der Waals surface area contributed by atoms with Gasteiger partial charge >= 0.3 is 0 Å². The van der Waals surface area contributed by atoms with E-state index in [1.165, 1.54) is 0 Å². The summed E-state index contributed by atoms with van der Waals surface area (Å²) < 4.78 is 0. The van der Waals surface area contributed by atoms with E-state index in [4.69, 9.17) is 0 Å². The fourth-order valence-corrected chi connectivity index (χ4v) is 4.15. The van der Waals surface area contributed by atoms with Gasteiger partial charge in [-0.1, -0.05) is 30.3 Å². The van der Waals surface area contributed by atoms with E-state index in [-0.39, 0.29) is 24.2 Å². The minimum absolute atomic E-state index is 0. The highest BCUT2D eigenvalue weighted by Crippen LogP contribution is 2.28. The van der Waals surface area contributed by atoms with E-state index in [1.807, 2.05) is 35.2 Å². The van der Waals surface area contributed by atoms with Crippen molar-refractivity contribution in [1.29, 1.82) is 0 Å². The molecule has 2 heterocycles. The number of nitrogens with zero attached hydrogens (tertiary/aromatic N) is 1. The summed E-state index contributed by atoms with van der Waals surface area (Å²) >= 11 is 0.